The highest BCUT2D eigenvalue weighted by molar-refractivity contribution is 5.56. The zero-order valence-corrected chi connectivity index (χ0v) is 62.3. The lowest BCUT2D eigenvalue weighted by atomic mass is 9.85. The van der Waals surface area contributed by atoms with Crippen molar-refractivity contribution in [3.8, 4) is 0 Å². The minimum absolute atomic E-state index is 0.00722. The molecular weight excluding hydrogens is 1040 g/mol. The first-order valence-corrected chi connectivity index (χ1v) is 33.4. The molecule has 7 rings (SSSR count). The van der Waals surface area contributed by atoms with Gasteiger partial charge >= 0.3 is 0 Å². The summed E-state index contributed by atoms with van der Waals surface area (Å²) in [6, 6.07) is 26.3. The monoisotopic (exact) mass is 1190 g/mol. The van der Waals surface area contributed by atoms with E-state index in [-0.39, 0.29) is 33.3 Å². The Morgan fingerprint density at radius 3 is 1.39 bits per heavy atom. The molecule has 0 radical (unpaired) electrons. The van der Waals surface area contributed by atoms with Gasteiger partial charge in [0.1, 0.15) is 5.82 Å². The Morgan fingerprint density at radius 2 is 1.04 bits per heavy atom. The van der Waals surface area contributed by atoms with Crippen LogP contribution >= 0.6 is 0 Å². The van der Waals surface area contributed by atoms with Gasteiger partial charge < -0.3 is 19.3 Å². The predicted octanol–water partition coefficient (Wildman–Crippen LogP) is 21.2. The fourth-order valence-corrected chi connectivity index (χ4v) is 10.9. The molecule has 0 bridgehead atoms. The summed E-state index contributed by atoms with van der Waals surface area (Å²) in [6.45, 7) is 78.3. The third-order valence-electron chi connectivity index (χ3n) is 16.4. The maximum absolute atomic E-state index is 12.9. The molecule has 6 nitrogen and oxygen atoms in total. The van der Waals surface area contributed by atoms with Gasteiger partial charge in [-0.05, 0) is 194 Å². The van der Waals surface area contributed by atoms with Gasteiger partial charge in [-0.25, -0.2) is 4.39 Å². The van der Waals surface area contributed by atoms with Crippen molar-refractivity contribution in [1.82, 2.24) is 14.7 Å². The van der Waals surface area contributed by atoms with E-state index in [0.29, 0.717) is 33.3 Å². The predicted molar refractivity (Wildman–Crippen MR) is 376 cm³/mol. The zero-order chi connectivity index (χ0) is 66.0. The number of likely N-dealkylation sites (N-methyl/N-ethyl adjacent to an activating group) is 1. The standard InChI is InChI=1S/C15H24N2.C12H25N.C11H15F.C11H23N.C10H20O.C10H14.C9H20O/c1-15(2,3)13-7-5-6-8-14(13)17-11-9-16(4)10-12-17;1-10-7-6-8-11(2)13(10)9-12(3,4)5;1-8-7-9(11(2,3)4)5-6-10(8)12;1-10(2,3)9-12-8-6-7-11(12,4)5;1-9(2,3)8-6-7-10(4,5)11-8;1-10(2,3)9-7-5-4-6-8-9;1-8(2,3)7-10-9(4,5)6/h5-8H,9-12H2,1-4H3;10-11H,6-9H2,1-5H3;5-7H,1-4H3;6-9H2,1-5H3;8H,6-7H2,1-5H3;4-8H,1-3H3;7H2,1-6H3/t;10-,11+;;;;;. The quantitative estimate of drug-likeness (QED) is 0.259. The maximum Gasteiger partial charge on any atom is 0.126 e. The average Bonchev–Trinajstić information content (AvgIpc) is 3.01. The van der Waals surface area contributed by atoms with Crippen molar-refractivity contribution >= 4 is 5.69 Å². The largest absolute Gasteiger partial charge is 0.375 e. The number of ether oxygens (including phenoxy) is 2. The molecule has 0 aromatic heterocycles. The van der Waals surface area contributed by atoms with E-state index in [4.69, 9.17) is 9.47 Å². The Balaban J connectivity index is 0.000000500. The van der Waals surface area contributed by atoms with E-state index in [1.165, 1.54) is 106 Å². The highest BCUT2D eigenvalue weighted by atomic mass is 19.1. The second-order valence-corrected chi connectivity index (χ2v) is 35.9. The lowest BCUT2D eigenvalue weighted by molar-refractivity contribution is -0.0604. The molecule has 3 aromatic carbocycles. The van der Waals surface area contributed by atoms with Crippen LogP contribution in [0.2, 0.25) is 0 Å². The van der Waals surface area contributed by atoms with E-state index in [9.17, 15) is 4.39 Å². The Bertz CT molecular complexity index is 2270. The Morgan fingerprint density at radius 1 is 0.541 bits per heavy atom. The molecule has 0 spiro atoms. The minimum Gasteiger partial charge on any atom is -0.375 e. The summed E-state index contributed by atoms with van der Waals surface area (Å²) in [5.41, 5.74) is 8.89. The fourth-order valence-electron chi connectivity index (χ4n) is 10.9. The summed E-state index contributed by atoms with van der Waals surface area (Å²) < 4.78 is 24.4. The molecule has 7 heteroatoms. The van der Waals surface area contributed by atoms with Crippen LogP contribution < -0.4 is 4.90 Å². The summed E-state index contributed by atoms with van der Waals surface area (Å²) in [7, 11) is 2.20. The smallest absolute Gasteiger partial charge is 0.126 e. The molecule has 0 aliphatic carbocycles. The van der Waals surface area contributed by atoms with E-state index in [2.05, 4.69) is 289 Å². The van der Waals surface area contributed by atoms with Gasteiger partial charge in [0.25, 0.3) is 0 Å². The number of rotatable bonds is 4. The van der Waals surface area contributed by atoms with Crippen molar-refractivity contribution < 1.29 is 13.9 Å². The molecular formula is C78H141FN4O2. The summed E-state index contributed by atoms with van der Waals surface area (Å²) >= 11 is 0. The van der Waals surface area contributed by atoms with Crippen LogP contribution in [0.5, 0.6) is 0 Å². The van der Waals surface area contributed by atoms with E-state index in [0.717, 1.165) is 37.3 Å². The number of piperidine rings is 1. The van der Waals surface area contributed by atoms with Crippen molar-refractivity contribution in [3.05, 3.63) is 101 Å². The fraction of sp³-hybridized carbons (Fsp3) is 0.769. The number of hydrogen-bond acceptors (Lipinski definition) is 6. The topological polar surface area (TPSA) is 31.4 Å². The number of hydrogen-bond donors (Lipinski definition) is 0. The highest BCUT2D eigenvalue weighted by Gasteiger charge is 2.38. The Hall–Kier alpha value is -2.81. The number of para-hydroxylation sites is 1. The average molecular weight is 1190 g/mol. The van der Waals surface area contributed by atoms with Crippen LogP contribution in [0.3, 0.4) is 0 Å². The third-order valence-corrected chi connectivity index (χ3v) is 16.4. The van der Waals surface area contributed by atoms with Gasteiger partial charge in [0, 0.05) is 62.6 Å². The first kappa shape index (κ1) is 80.2. The highest BCUT2D eigenvalue weighted by Crippen LogP contribution is 2.39. The Kier molecular flexibility index (Phi) is 31.4. The Labute approximate surface area is 529 Å². The summed E-state index contributed by atoms with van der Waals surface area (Å²) in [5.74, 6) is -0.122. The molecule has 85 heavy (non-hydrogen) atoms. The number of benzene rings is 3. The van der Waals surface area contributed by atoms with Gasteiger partial charge in [0.2, 0.25) is 0 Å². The number of anilines is 1. The first-order chi connectivity index (χ1) is 38.2. The SMILES string of the molecule is CC(C)(C)CN1CCCC1(C)C.CC(C)(C)COC(C)(C)C.CC(C)(C)c1ccccc1.CC1(C)CCC(C(C)(C)C)O1.CN1CCN(c2ccccc2C(C)(C)C)CC1.C[C@@H]1CCC[C@H](C)N1CC(C)(C)C.Cc1cc(C(C)(C)C)ccc1F. The summed E-state index contributed by atoms with van der Waals surface area (Å²) in [4.78, 5) is 10.2. The molecule has 0 saturated carbocycles. The van der Waals surface area contributed by atoms with Crippen molar-refractivity contribution in [3.63, 3.8) is 0 Å². The second-order valence-electron chi connectivity index (χ2n) is 35.9. The van der Waals surface area contributed by atoms with E-state index in [1.807, 2.05) is 12.1 Å². The van der Waals surface area contributed by atoms with Gasteiger partial charge in [-0.1, -0.05) is 212 Å². The second kappa shape index (κ2) is 33.3. The van der Waals surface area contributed by atoms with E-state index >= 15 is 0 Å². The molecule has 3 aromatic rings. The zero-order valence-electron chi connectivity index (χ0n) is 62.3. The van der Waals surface area contributed by atoms with E-state index < -0.39 is 0 Å². The maximum atomic E-state index is 12.9. The van der Waals surface area contributed by atoms with Crippen LogP contribution in [0.4, 0.5) is 10.1 Å². The van der Waals surface area contributed by atoms with Gasteiger partial charge in [-0.15, -0.1) is 0 Å². The van der Waals surface area contributed by atoms with Gasteiger partial charge in [0.15, 0.2) is 0 Å². The van der Waals surface area contributed by atoms with E-state index in [1.54, 1.807) is 6.92 Å². The van der Waals surface area contributed by atoms with Crippen molar-refractivity contribution in [2.45, 2.75) is 311 Å². The van der Waals surface area contributed by atoms with Crippen LogP contribution in [-0.2, 0) is 25.7 Å². The lowest BCUT2D eigenvalue weighted by Gasteiger charge is -2.42. The van der Waals surface area contributed by atoms with Crippen LogP contribution in [0.15, 0.2) is 72.8 Å². The number of nitrogens with zero attached hydrogens (tertiary/aromatic N) is 4. The van der Waals surface area contributed by atoms with Crippen LogP contribution in [0.25, 0.3) is 0 Å². The summed E-state index contributed by atoms with van der Waals surface area (Å²) in [5, 5.41) is 0. The van der Waals surface area contributed by atoms with Crippen LogP contribution in [-0.4, -0.2) is 109 Å². The van der Waals surface area contributed by atoms with Crippen molar-refractivity contribution in [1.29, 1.82) is 0 Å². The minimum atomic E-state index is -0.122. The molecule has 4 fully saturated rings. The van der Waals surface area contributed by atoms with Crippen molar-refractivity contribution in [2.24, 2.45) is 21.7 Å². The lowest BCUT2D eigenvalue weighted by Crippen LogP contribution is -2.47. The number of halogens is 1. The van der Waals surface area contributed by atoms with Gasteiger partial charge in [-0.2, -0.15) is 0 Å². The normalized spacial score (nSPS) is 20.7. The number of likely N-dealkylation sites (tertiary alicyclic amines) is 2. The summed E-state index contributed by atoms with van der Waals surface area (Å²) in [6.07, 6.45) is 9.82. The molecule has 1 unspecified atom stereocenters. The van der Waals surface area contributed by atoms with Crippen LogP contribution in [0, 0.1) is 34.4 Å². The molecule has 0 N–H and O–H groups in total. The van der Waals surface area contributed by atoms with Crippen molar-refractivity contribution in [2.75, 3.05) is 64.4 Å². The molecule has 0 amide bonds. The molecule has 4 aliphatic rings. The van der Waals surface area contributed by atoms with Gasteiger partial charge in [0.05, 0.1) is 23.9 Å². The molecule has 3 atom stereocenters. The van der Waals surface area contributed by atoms with Gasteiger partial charge in [-0.3, -0.25) is 9.80 Å². The molecule has 4 saturated heterocycles. The van der Waals surface area contributed by atoms with Crippen LogP contribution in [0.1, 0.15) is 275 Å². The third kappa shape index (κ3) is 34.1. The number of aryl methyl sites for hydroxylation is 1. The molecule has 4 heterocycles. The number of piperazine rings is 1. The first-order valence-electron chi connectivity index (χ1n) is 33.4. The molecule has 4 aliphatic heterocycles. The molecule has 492 valence electrons.